The number of likely N-dealkylation sites (N-methyl/N-ethyl adjacent to an activating group) is 1. The fourth-order valence-electron chi connectivity index (χ4n) is 1.60. The van der Waals surface area contributed by atoms with Crippen LogP contribution in [0.5, 0.6) is 0 Å². The molecule has 17 heavy (non-hydrogen) atoms. The fourth-order valence-corrected chi connectivity index (χ4v) is 1.60. The van der Waals surface area contributed by atoms with Gasteiger partial charge in [-0.15, -0.1) is 0 Å². The van der Waals surface area contributed by atoms with E-state index in [0.29, 0.717) is 5.56 Å². The summed E-state index contributed by atoms with van der Waals surface area (Å²) in [4.78, 5) is 1.65. The number of hydrogen-bond donors (Lipinski definition) is 0. The highest BCUT2D eigenvalue weighted by Crippen LogP contribution is 2.22. The molecule has 0 spiro atoms. The fraction of sp³-hybridized carbons (Fsp3) is 0.250. The van der Waals surface area contributed by atoms with Crippen molar-refractivity contribution in [2.75, 3.05) is 14.1 Å². The van der Waals surface area contributed by atoms with Crippen molar-refractivity contribution in [1.29, 1.82) is 0 Å². The van der Waals surface area contributed by atoms with Gasteiger partial charge in [-0.3, -0.25) is 0 Å². The Morgan fingerprint density at radius 1 is 1.12 bits per heavy atom. The van der Waals surface area contributed by atoms with Crippen molar-refractivity contribution < 1.29 is 9.60 Å². The SMILES string of the molecule is [2H]c1c([2H])c([2H])c(C([2H])([2H])C(c2ccccc2)N(C)C)c([2H])c1[2H]. The van der Waals surface area contributed by atoms with E-state index in [1.165, 1.54) is 0 Å². The molecule has 0 saturated carbocycles. The van der Waals surface area contributed by atoms with Gasteiger partial charge in [0.15, 0.2) is 0 Å². The molecule has 88 valence electrons. The van der Waals surface area contributed by atoms with Crippen molar-refractivity contribution in [2.24, 2.45) is 0 Å². The smallest absolute Gasteiger partial charge is 0.0626 e. The number of nitrogens with zero attached hydrogens (tertiary/aromatic N) is 1. The molecule has 0 saturated heterocycles. The molecule has 1 nitrogen and oxygen atoms in total. The van der Waals surface area contributed by atoms with Crippen molar-refractivity contribution in [1.82, 2.24) is 4.90 Å². The van der Waals surface area contributed by atoms with Crippen LogP contribution in [-0.2, 0) is 6.37 Å². The molecule has 2 aromatic carbocycles. The molecule has 0 bridgehead atoms. The van der Waals surface area contributed by atoms with Crippen LogP contribution in [-0.4, -0.2) is 19.0 Å². The van der Waals surface area contributed by atoms with Crippen molar-refractivity contribution in [3.05, 3.63) is 71.7 Å². The normalized spacial score (nSPS) is 19.4. The lowest BCUT2D eigenvalue weighted by Gasteiger charge is -2.25. The van der Waals surface area contributed by atoms with Crippen LogP contribution in [0.25, 0.3) is 0 Å². The maximum absolute atomic E-state index is 8.59. The summed E-state index contributed by atoms with van der Waals surface area (Å²) in [5.41, 5.74) is 0.343. The van der Waals surface area contributed by atoms with E-state index in [1.54, 1.807) is 43.3 Å². The van der Waals surface area contributed by atoms with Gasteiger partial charge in [-0.1, -0.05) is 60.5 Å². The molecule has 0 N–H and O–H groups in total. The minimum absolute atomic E-state index is 0.323. The topological polar surface area (TPSA) is 3.24 Å². The minimum atomic E-state index is -2.18. The summed E-state index contributed by atoms with van der Waals surface area (Å²) in [6.45, 7) is 0. The third-order valence-corrected chi connectivity index (χ3v) is 2.41. The first-order chi connectivity index (χ1) is 11.1. The zero-order valence-corrected chi connectivity index (χ0v) is 9.91. The lowest BCUT2D eigenvalue weighted by molar-refractivity contribution is 0.297. The Bertz CT molecular complexity index is 715. The Labute approximate surface area is 114 Å². The van der Waals surface area contributed by atoms with Crippen LogP contribution in [0.2, 0.25) is 0 Å². The highest BCUT2D eigenvalue weighted by molar-refractivity contribution is 5.23. The zero-order chi connectivity index (χ0) is 18.2. The van der Waals surface area contributed by atoms with Gasteiger partial charge in [-0.25, -0.2) is 0 Å². The van der Waals surface area contributed by atoms with Gasteiger partial charge in [0.2, 0.25) is 0 Å². The summed E-state index contributed by atoms with van der Waals surface area (Å²) >= 11 is 0. The third kappa shape index (κ3) is 3.18. The Kier molecular flexibility index (Phi) is 1.94. The summed E-state index contributed by atoms with van der Waals surface area (Å²) in [7, 11) is 3.40. The highest BCUT2D eigenvalue weighted by atomic mass is 15.1. The van der Waals surface area contributed by atoms with E-state index in [-0.39, 0.29) is 5.56 Å². The predicted molar refractivity (Wildman–Crippen MR) is 73.0 cm³/mol. The van der Waals surface area contributed by atoms with E-state index >= 15 is 0 Å². The van der Waals surface area contributed by atoms with Crippen molar-refractivity contribution in [2.45, 2.75) is 12.4 Å². The first-order valence-corrected chi connectivity index (χ1v) is 5.39. The van der Waals surface area contributed by atoms with E-state index in [2.05, 4.69) is 0 Å². The van der Waals surface area contributed by atoms with E-state index in [9.17, 15) is 0 Å². The molecule has 1 atom stereocenters. The Hall–Kier alpha value is -1.60. The maximum Gasteiger partial charge on any atom is 0.0626 e. The van der Waals surface area contributed by atoms with Crippen LogP contribution in [0.3, 0.4) is 0 Å². The molecule has 0 radical (unpaired) electrons. The minimum Gasteiger partial charge on any atom is -0.302 e. The lowest BCUT2D eigenvalue weighted by atomic mass is 9.98. The third-order valence-electron chi connectivity index (χ3n) is 2.41. The average Bonchev–Trinajstić information content (AvgIpc) is 2.51. The Morgan fingerprint density at radius 2 is 1.76 bits per heavy atom. The molecule has 0 aromatic heterocycles. The van der Waals surface area contributed by atoms with Gasteiger partial charge < -0.3 is 4.90 Å². The van der Waals surface area contributed by atoms with Crippen molar-refractivity contribution in [3.8, 4) is 0 Å². The molecule has 0 aliphatic carbocycles. The second kappa shape index (κ2) is 5.65. The van der Waals surface area contributed by atoms with Crippen LogP contribution in [0.1, 0.15) is 26.8 Å². The van der Waals surface area contributed by atoms with Gasteiger partial charge in [0.05, 0.1) is 6.85 Å². The van der Waals surface area contributed by atoms with Gasteiger partial charge in [0, 0.05) is 8.78 Å². The first-order valence-electron chi connectivity index (χ1n) is 8.89. The summed E-state index contributed by atoms with van der Waals surface area (Å²) in [5, 5.41) is 0. The van der Waals surface area contributed by atoms with E-state index in [1.807, 2.05) is 6.07 Å². The van der Waals surface area contributed by atoms with Gasteiger partial charge >= 0.3 is 0 Å². The maximum atomic E-state index is 8.59. The number of hydrogen-bond acceptors (Lipinski definition) is 1. The monoisotopic (exact) mass is 232 g/mol. The number of rotatable bonds is 4. The zero-order valence-electron chi connectivity index (χ0n) is 16.9. The van der Waals surface area contributed by atoms with Gasteiger partial charge in [0.1, 0.15) is 0 Å². The van der Waals surface area contributed by atoms with E-state index in [0.717, 1.165) is 0 Å². The van der Waals surface area contributed by atoms with Gasteiger partial charge in [-0.05, 0) is 31.6 Å². The summed E-state index contributed by atoms with van der Waals surface area (Å²) in [6.07, 6.45) is -2.18. The average molecular weight is 232 g/mol. The molecule has 0 heterocycles. The van der Waals surface area contributed by atoms with Crippen molar-refractivity contribution >= 4 is 0 Å². The molecular weight excluding hydrogens is 206 g/mol. The second-order valence-corrected chi connectivity index (χ2v) is 3.92. The van der Waals surface area contributed by atoms with Crippen LogP contribution >= 0.6 is 0 Å². The lowest BCUT2D eigenvalue weighted by Crippen LogP contribution is -2.21. The molecule has 2 rings (SSSR count). The summed E-state index contributed by atoms with van der Waals surface area (Å²) in [5.74, 6) is 0. The number of benzene rings is 2. The summed E-state index contributed by atoms with van der Waals surface area (Å²) in [6, 6.07) is 5.51. The molecule has 0 amide bonds. The molecule has 1 heteroatoms. The Balaban J connectivity index is 2.73. The second-order valence-electron chi connectivity index (χ2n) is 3.92. The van der Waals surface area contributed by atoms with E-state index < -0.39 is 42.6 Å². The van der Waals surface area contributed by atoms with Crippen LogP contribution in [0, 0.1) is 0 Å². The Morgan fingerprint density at radius 3 is 2.35 bits per heavy atom. The summed E-state index contributed by atoms with van der Waals surface area (Å²) < 4.78 is 56.5. The molecule has 0 aliphatic rings. The molecule has 2 aromatic rings. The van der Waals surface area contributed by atoms with E-state index in [4.69, 9.17) is 9.60 Å². The highest BCUT2D eigenvalue weighted by Gasteiger charge is 2.13. The molecule has 0 aliphatic heterocycles. The van der Waals surface area contributed by atoms with Gasteiger partial charge in [-0.2, -0.15) is 0 Å². The standard InChI is InChI=1S/C16H19N/c1-17(2)16(15-11-7-4-8-12-15)13-14-9-5-3-6-10-14/h3-12,16H,13H2,1-2H3/i3D,5D,6D,9D,10D,13D2. The van der Waals surface area contributed by atoms with Crippen molar-refractivity contribution in [3.63, 3.8) is 0 Å². The van der Waals surface area contributed by atoms with Crippen LogP contribution < -0.4 is 0 Å². The molecule has 0 fully saturated rings. The molecular formula is C16H19N. The predicted octanol–water partition coefficient (Wildman–Crippen LogP) is 3.53. The van der Waals surface area contributed by atoms with Gasteiger partial charge in [0.25, 0.3) is 0 Å². The first kappa shape index (κ1) is 5.83. The molecule has 1 unspecified atom stereocenters. The van der Waals surface area contributed by atoms with Crippen LogP contribution in [0.15, 0.2) is 60.5 Å². The van der Waals surface area contributed by atoms with Crippen LogP contribution in [0.4, 0.5) is 0 Å². The quantitative estimate of drug-likeness (QED) is 0.779. The largest absolute Gasteiger partial charge is 0.302 e.